The zero-order valence-corrected chi connectivity index (χ0v) is 15.9. The Hall–Kier alpha value is -1.30. The molecule has 0 aliphatic heterocycles. The third-order valence-corrected chi connectivity index (χ3v) is 3.79. The van der Waals surface area contributed by atoms with Crippen molar-refractivity contribution in [1.29, 1.82) is 0 Å². The van der Waals surface area contributed by atoms with Crippen molar-refractivity contribution in [2.24, 2.45) is 0 Å². The molecule has 0 saturated carbocycles. The summed E-state index contributed by atoms with van der Waals surface area (Å²) >= 11 is 0. The van der Waals surface area contributed by atoms with Crippen LogP contribution in [0.2, 0.25) is 0 Å². The van der Waals surface area contributed by atoms with Crippen molar-refractivity contribution in [3.8, 4) is 0 Å². The van der Waals surface area contributed by atoms with Crippen LogP contribution in [-0.2, 0) is 4.74 Å². The number of hydrogen-bond acceptors (Lipinski definition) is 4. The summed E-state index contributed by atoms with van der Waals surface area (Å²) in [6.45, 7) is 3.82. The number of alkyl carbamates (subject to hydrolysis) is 1. The molecule has 0 rings (SSSR count). The van der Waals surface area contributed by atoms with Crippen molar-refractivity contribution in [3.63, 3.8) is 0 Å². The largest absolute Gasteiger partial charge is 0.449 e. The Bertz CT molecular complexity index is 323. The Labute approximate surface area is 147 Å². The van der Waals surface area contributed by atoms with Gasteiger partial charge in [-0.2, -0.15) is 0 Å². The summed E-state index contributed by atoms with van der Waals surface area (Å²) in [6, 6.07) is -0.509. The van der Waals surface area contributed by atoms with Crippen LogP contribution < -0.4 is 10.6 Å². The Morgan fingerprint density at radius 1 is 0.875 bits per heavy atom. The second-order valence-corrected chi connectivity index (χ2v) is 6.50. The summed E-state index contributed by atoms with van der Waals surface area (Å²) in [4.78, 5) is 24.7. The number of urea groups is 1. The van der Waals surface area contributed by atoms with Crippen LogP contribution in [0.25, 0.3) is 0 Å². The van der Waals surface area contributed by atoms with E-state index in [1.807, 2.05) is 19.0 Å². The summed E-state index contributed by atoms with van der Waals surface area (Å²) in [7, 11) is 3.83. The molecule has 0 aromatic rings. The zero-order chi connectivity index (χ0) is 18.0. The lowest BCUT2D eigenvalue weighted by Gasteiger charge is -2.11. The molecular weight excluding hydrogens is 306 g/mol. The number of ether oxygens (including phenoxy) is 1. The molecule has 0 bridgehead atoms. The lowest BCUT2D eigenvalue weighted by Crippen LogP contribution is -2.42. The predicted molar refractivity (Wildman–Crippen MR) is 98.3 cm³/mol. The summed E-state index contributed by atoms with van der Waals surface area (Å²) < 4.78 is 4.99. The first-order valence-corrected chi connectivity index (χ1v) is 9.42. The molecule has 142 valence electrons. The maximum Gasteiger partial charge on any atom is 0.415 e. The average molecular weight is 344 g/mol. The van der Waals surface area contributed by atoms with Gasteiger partial charge in [-0.15, -0.1) is 0 Å². The number of unbranched alkanes of at least 4 members (excludes halogenated alkanes) is 9. The van der Waals surface area contributed by atoms with Gasteiger partial charge in [-0.3, -0.25) is 0 Å². The van der Waals surface area contributed by atoms with Crippen LogP contribution >= 0.6 is 0 Å². The van der Waals surface area contributed by atoms with E-state index in [-0.39, 0.29) is 0 Å². The van der Waals surface area contributed by atoms with Gasteiger partial charge < -0.3 is 15.0 Å². The number of carbonyl (C=O) groups excluding carboxylic acids is 2. The van der Waals surface area contributed by atoms with Crippen molar-refractivity contribution in [2.75, 3.05) is 33.8 Å². The number of imide groups is 1. The Morgan fingerprint density at radius 3 is 1.96 bits per heavy atom. The van der Waals surface area contributed by atoms with E-state index in [2.05, 4.69) is 17.6 Å². The van der Waals surface area contributed by atoms with E-state index in [9.17, 15) is 9.59 Å². The molecule has 0 aromatic heterocycles. The molecule has 2 N–H and O–H groups in total. The van der Waals surface area contributed by atoms with Crippen LogP contribution in [0.4, 0.5) is 9.59 Å². The van der Waals surface area contributed by atoms with Gasteiger partial charge in [0.1, 0.15) is 0 Å². The SMILES string of the molecule is CCCCCCCCCCCCOC(=O)NC(=O)NCCN(C)C. The number of hydrogen-bond donors (Lipinski definition) is 2. The Kier molecular flexibility index (Phi) is 15.7. The fraction of sp³-hybridized carbons (Fsp3) is 0.889. The molecule has 0 fully saturated rings. The van der Waals surface area contributed by atoms with Gasteiger partial charge in [0.2, 0.25) is 0 Å². The minimum atomic E-state index is -0.673. The quantitative estimate of drug-likeness (QED) is 0.469. The van der Waals surface area contributed by atoms with E-state index in [4.69, 9.17) is 4.74 Å². The highest BCUT2D eigenvalue weighted by Gasteiger charge is 2.07. The summed E-state index contributed by atoms with van der Waals surface area (Å²) in [5.41, 5.74) is 0. The lowest BCUT2D eigenvalue weighted by molar-refractivity contribution is 0.144. The summed E-state index contributed by atoms with van der Waals surface area (Å²) in [6.07, 6.45) is 11.7. The van der Waals surface area contributed by atoms with Crippen molar-refractivity contribution in [3.05, 3.63) is 0 Å². The third kappa shape index (κ3) is 17.1. The van der Waals surface area contributed by atoms with E-state index in [1.165, 1.54) is 51.4 Å². The zero-order valence-electron chi connectivity index (χ0n) is 15.9. The van der Waals surface area contributed by atoms with Gasteiger partial charge >= 0.3 is 12.1 Å². The average Bonchev–Trinajstić information content (AvgIpc) is 2.52. The molecule has 0 aliphatic rings. The van der Waals surface area contributed by atoms with Crippen LogP contribution in [0, 0.1) is 0 Å². The highest BCUT2D eigenvalue weighted by molar-refractivity contribution is 5.90. The first kappa shape index (κ1) is 22.7. The highest BCUT2D eigenvalue weighted by atomic mass is 16.5. The molecular formula is C18H37N3O3. The van der Waals surface area contributed by atoms with Crippen LogP contribution in [0.1, 0.15) is 71.1 Å². The standard InChI is InChI=1S/C18H37N3O3/c1-4-5-6-7-8-9-10-11-12-13-16-24-18(23)20-17(22)19-14-15-21(2)3/h4-16H2,1-3H3,(H2,19,20,22,23). The topological polar surface area (TPSA) is 70.7 Å². The normalized spacial score (nSPS) is 10.7. The molecule has 6 heteroatoms. The minimum Gasteiger partial charge on any atom is -0.449 e. The maximum atomic E-state index is 11.4. The van der Waals surface area contributed by atoms with Gasteiger partial charge in [0.05, 0.1) is 6.61 Å². The van der Waals surface area contributed by atoms with E-state index < -0.39 is 12.1 Å². The van der Waals surface area contributed by atoms with Crippen LogP contribution in [0.5, 0.6) is 0 Å². The summed E-state index contributed by atoms with van der Waals surface area (Å²) in [5, 5.41) is 4.75. The number of likely N-dealkylation sites (N-methyl/N-ethyl adjacent to an activating group) is 1. The van der Waals surface area contributed by atoms with Crippen molar-refractivity contribution >= 4 is 12.1 Å². The van der Waals surface area contributed by atoms with Gasteiger partial charge in [0.25, 0.3) is 0 Å². The number of nitrogens with one attached hydrogen (secondary N) is 2. The minimum absolute atomic E-state index is 0.368. The van der Waals surface area contributed by atoms with Crippen molar-refractivity contribution < 1.29 is 14.3 Å². The molecule has 0 aliphatic carbocycles. The van der Waals surface area contributed by atoms with Gasteiger partial charge in [0.15, 0.2) is 0 Å². The van der Waals surface area contributed by atoms with E-state index in [0.29, 0.717) is 13.2 Å². The number of nitrogens with zero attached hydrogens (tertiary/aromatic N) is 1. The molecule has 0 unspecified atom stereocenters. The van der Waals surface area contributed by atoms with Gasteiger partial charge in [-0.05, 0) is 20.5 Å². The van der Waals surface area contributed by atoms with Gasteiger partial charge in [-0.25, -0.2) is 14.9 Å². The molecule has 0 aromatic carbocycles. The smallest absolute Gasteiger partial charge is 0.415 e. The van der Waals surface area contributed by atoms with E-state index in [0.717, 1.165) is 19.4 Å². The number of amides is 3. The number of carbonyl (C=O) groups is 2. The molecule has 0 spiro atoms. The molecule has 0 atom stereocenters. The first-order valence-electron chi connectivity index (χ1n) is 9.42. The maximum absolute atomic E-state index is 11.4. The van der Waals surface area contributed by atoms with Crippen LogP contribution in [0.3, 0.4) is 0 Å². The first-order chi connectivity index (χ1) is 11.6. The fourth-order valence-electron chi connectivity index (χ4n) is 2.32. The third-order valence-electron chi connectivity index (χ3n) is 3.79. The molecule has 24 heavy (non-hydrogen) atoms. The van der Waals surface area contributed by atoms with Gasteiger partial charge in [-0.1, -0.05) is 64.7 Å². The summed E-state index contributed by atoms with van der Waals surface area (Å²) in [5.74, 6) is 0. The van der Waals surface area contributed by atoms with Gasteiger partial charge in [0, 0.05) is 13.1 Å². The van der Waals surface area contributed by atoms with Crippen molar-refractivity contribution in [2.45, 2.75) is 71.1 Å². The fourth-order valence-corrected chi connectivity index (χ4v) is 2.32. The lowest BCUT2D eigenvalue weighted by atomic mass is 10.1. The molecule has 0 radical (unpaired) electrons. The second kappa shape index (κ2) is 16.6. The molecule has 3 amide bonds. The van der Waals surface area contributed by atoms with E-state index in [1.54, 1.807) is 0 Å². The Balaban J connectivity index is 3.32. The molecule has 6 nitrogen and oxygen atoms in total. The monoisotopic (exact) mass is 343 g/mol. The molecule has 0 heterocycles. The highest BCUT2D eigenvalue weighted by Crippen LogP contribution is 2.10. The molecule has 0 saturated heterocycles. The predicted octanol–water partition coefficient (Wildman–Crippen LogP) is 3.90. The van der Waals surface area contributed by atoms with Crippen LogP contribution in [-0.4, -0.2) is 50.8 Å². The second-order valence-electron chi connectivity index (χ2n) is 6.50. The van der Waals surface area contributed by atoms with E-state index >= 15 is 0 Å². The van der Waals surface area contributed by atoms with Crippen molar-refractivity contribution in [1.82, 2.24) is 15.5 Å². The Morgan fingerprint density at radius 2 is 1.42 bits per heavy atom. The number of rotatable bonds is 14. The van der Waals surface area contributed by atoms with Crippen LogP contribution in [0.15, 0.2) is 0 Å².